The standard InChI is InChI=1S/C7H15N.C6H11F2N/c1-6(2)8-4-7(3)5-8;1-5(2)9-3-6(7,8)4-9/h6-7H,4-5H2,1-3H3;5H,3-4H2,1-2H3. The fourth-order valence-corrected chi connectivity index (χ4v) is 2.08. The van der Waals surface area contributed by atoms with Crippen LogP contribution < -0.4 is 0 Å². The number of likely N-dealkylation sites (tertiary alicyclic amines) is 2. The Hall–Kier alpha value is -0.220. The van der Waals surface area contributed by atoms with Gasteiger partial charge in [-0.3, -0.25) is 4.90 Å². The molecule has 0 unspecified atom stereocenters. The molecule has 0 amide bonds. The molecule has 2 aliphatic rings. The molecule has 0 N–H and O–H groups in total. The zero-order valence-electron chi connectivity index (χ0n) is 11.7. The molecular weight excluding hydrogens is 222 g/mol. The molecule has 0 aliphatic carbocycles. The molecule has 0 saturated carbocycles. The van der Waals surface area contributed by atoms with E-state index in [1.54, 1.807) is 4.90 Å². The highest BCUT2D eigenvalue weighted by atomic mass is 19.3. The molecule has 0 aromatic carbocycles. The summed E-state index contributed by atoms with van der Waals surface area (Å²) >= 11 is 0. The molecule has 0 spiro atoms. The predicted octanol–water partition coefficient (Wildman–Crippen LogP) is 2.69. The van der Waals surface area contributed by atoms with Crippen molar-refractivity contribution in [1.82, 2.24) is 9.80 Å². The SMILES string of the molecule is CC(C)N1CC(F)(F)C1.CC1CN(C(C)C)C1. The van der Waals surface area contributed by atoms with E-state index in [-0.39, 0.29) is 19.1 Å². The van der Waals surface area contributed by atoms with Gasteiger partial charge in [0.15, 0.2) is 0 Å². The number of hydrogen-bond acceptors (Lipinski definition) is 2. The molecule has 0 aromatic rings. The second kappa shape index (κ2) is 5.61. The van der Waals surface area contributed by atoms with Crippen LogP contribution in [0.2, 0.25) is 0 Å². The van der Waals surface area contributed by atoms with E-state index in [1.807, 2.05) is 13.8 Å². The maximum absolute atomic E-state index is 12.1. The lowest BCUT2D eigenvalue weighted by molar-refractivity contribution is -0.141. The third-order valence-corrected chi connectivity index (χ3v) is 3.42. The van der Waals surface area contributed by atoms with Gasteiger partial charge in [-0.1, -0.05) is 6.92 Å². The summed E-state index contributed by atoms with van der Waals surface area (Å²) < 4.78 is 24.2. The second-order valence-corrected chi connectivity index (χ2v) is 6.01. The Labute approximate surface area is 104 Å². The maximum atomic E-state index is 12.1. The predicted molar refractivity (Wildman–Crippen MR) is 67.5 cm³/mol. The molecule has 0 aromatic heterocycles. The summed E-state index contributed by atoms with van der Waals surface area (Å²) in [6, 6.07) is 1.04. The molecule has 2 fully saturated rings. The van der Waals surface area contributed by atoms with Gasteiger partial charge >= 0.3 is 0 Å². The first kappa shape index (κ1) is 14.8. The lowest BCUT2D eigenvalue weighted by Gasteiger charge is -2.41. The van der Waals surface area contributed by atoms with Crippen molar-refractivity contribution in [3.8, 4) is 0 Å². The van der Waals surface area contributed by atoms with Gasteiger partial charge in [-0.2, -0.15) is 0 Å². The monoisotopic (exact) mass is 248 g/mol. The van der Waals surface area contributed by atoms with E-state index in [1.165, 1.54) is 13.1 Å². The Bertz CT molecular complexity index is 228. The van der Waals surface area contributed by atoms with Gasteiger partial charge in [0.05, 0.1) is 13.1 Å². The number of nitrogens with zero attached hydrogens (tertiary/aromatic N) is 2. The molecule has 4 heteroatoms. The lowest BCUT2D eigenvalue weighted by Crippen LogP contribution is -2.58. The van der Waals surface area contributed by atoms with Crippen molar-refractivity contribution in [1.29, 1.82) is 0 Å². The van der Waals surface area contributed by atoms with Gasteiger partial charge in [0.2, 0.25) is 0 Å². The first-order valence-electron chi connectivity index (χ1n) is 6.57. The smallest absolute Gasteiger partial charge is 0.272 e. The van der Waals surface area contributed by atoms with Crippen LogP contribution in [0, 0.1) is 5.92 Å². The third-order valence-electron chi connectivity index (χ3n) is 3.42. The van der Waals surface area contributed by atoms with Crippen molar-refractivity contribution in [2.75, 3.05) is 26.2 Å². The highest BCUT2D eigenvalue weighted by Gasteiger charge is 2.44. The highest BCUT2D eigenvalue weighted by Crippen LogP contribution is 2.27. The number of alkyl halides is 2. The van der Waals surface area contributed by atoms with E-state index < -0.39 is 5.92 Å². The molecule has 0 radical (unpaired) electrons. The van der Waals surface area contributed by atoms with Crippen LogP contribution in [-0.2, 0) is 0 Å². The molecule has 2 rings (SSSR count). The van der Waals surface area contributed by atoms with Crippen LogP contribution in [0.3, 0.4) is 0 Å². The summed E-state index contributed by atoms with van der Waals surface area (Å²) in [5.41, 5.74) is 0. The highest BCUT2D eigenvalue weighted by molar-refractivity contribution is 4.88. The molecule has 0 atom stereocenters. The molecule has 2 saturated heterocycles. The zero-order chi connectivity index (χ0) is 13.2. The molecule has 2 aliphatic heterocycles. The first-order valence-corrected chi connectivity index (χ1v) is 6.57. The molecule has 2 nitrogen and oxygen atoms in total. The summed E-state index contributed by atoms with van der Waals surface area (Å²) in [6.07, 6.45) is 0. The Balaban J connectivity index is 0.000000171. The van der Waals surface area contributed by atoms with E-state index >= 15 is 0 Å². The summed E-state index contributed by atoms with van der Waals surface area (Å²) in [6.45, 7) is 13.2. The van der Waals surface area contributed by atoms with Gasteiger partial charge in [0, 0.05) is 25.2 Å². The van der Waals surface area contributed by atoms with Crippen molar-refractivity contribution in [2.45, 2.75) is 52.6 Å². The number of halogens is 2. The summed E-state index contributed by atoms with van der Waals surface area (Å²) in [7, 11) is 0. The van der Waals surface area contributed by atoms with E-state index in [0.717, 1.165) is 12.0 Å². The Kier molecular flexibility index (Phi) is 4.90. The van der Waals surface area contributed by atoms with Crippen molar-refractivity contribution in [2.24, 2.45) is 5.92 Å². The summed E-state index contributed by atoms with van der Waals surface area (Å²) in [4.78, 5) is 4.24. The number of rotatable bonds is 2. The average molecular weight is 248 g/mol. The van der Waals surface area contributed by atoms with Gasteiger partial charge in [-0.15, -0.1) is 0 Å². The van der Waals surface area contributed by atoms with Crippen LogP contribution in [0.15, 0.2) is 0 Å². The van der Waals surface area contributed by atoms with Crippen LogP contribution in [0.25, 0.3) is 0 Å². The van der Waals surface area contributed by atoms with Gasteiger partial charge in [-0.25, -0.2) is 8.78 Å². The minimum absolute atomic E-state index is 0.0509. The molecule has 0 bridgehead atoms. The molecule has 2 heterocycles. The van der Waals surface area contributed by atoms with Crippen LogP contribution in [-0.4, -0.2) is 54.0 Å². The van der Waals surface area contributed by atoms with Gasteiger partial charge in [-0.05, 0) is 33.6 Å². The van der Waals surface area contributed by atoms with E-state index in [4.69, 9.17) is 0 Å². The third kappa shape index (κ3) is 4.51. The molecule has 17 heavy (non-hydrogen) atoms. The van der Waals surface area contributed by atoms with Gasteiger partial charge in [0.1, 0.15) is 0 Å². The minimum atomic E-state index is -2.40. The van der Waals surface area contributed by atoms with Crippen molar-refractivity contribution in [3.63, 3.8) is 0 Å². The van der Waals surface area contributed by atoms with E-state index in [0.29, 0.717) is 0 Å². The van der Waals surface area contributed by atoms with Crippen LogP contribution in [0.4, 0.5) is 8.78 Å². The van der Waals surface area contributed by atoms with Crippen LogP contribution in [0.1, 0.15) is 34.6 Å². The minimum Gasteiger partial charge on any atom is -0.300 e. The Morgan fingerprint density at radius 1 is 0.941 bits per heavy atom. The molecular formula is C13H26F2N2. The quantitative estimate of drug-likeness (QED) is 0.741. The van der Waals surface area contributed by atoms with Crippen molar-refractivity contribution in [3.05, 3.63) is 0 Å². The van der Waals surface area contributed by atoms with Crippen molar-refractivity contribution >= 4 is 0 Å². The van der Waals surface area contributed by atoms with E-state index in [9.17, 15) is 8.78 Å². The fourth-order valence-electron chi connectivity index (χ4n) is 2.08. The van der Waals surface area contributed by atoms with Crippen LogP contribution >= 0.6 is 0 Å². The van der Waals surface area contributed by atoms with E-state index in [2.05, 4.69) is 25.7 Å². The largest absolute Gasteiger partial charge is 0.300 e. The van der Waals surface area contributed by atoms with Gasteiger partial charge < -0.3 is 4.90 Å². The first-order chi connectivity index (χ1) is 7.71. The summed E-state index contributed by atoms with van der Waals surface area (Å²) in [5, 5.41) is 0. The lowest BCUT2D eigenvalue weighted by atomic mass is 10.0. The van der Waals surface area contributed by atoms with Crippen LogP contribution in [0.5, 0.6) is 0 Å². The average Bonchev–Trinajstić information content (AvgIpc) is 2.09. The molecule has 102 valence electrons. The Morgan fingerprint density at radius 2 is 1.35 bits per heavy atom. The maximum Gasteiger partial charge on any atom is 0.272 e. The normalized spacial score (nSPS) is 25.2. The van der Waals surface area contributed by atoms with Gasteiger partial charge in [0.25, 0.3) is 5.92 Å². The second-order valence-electron chi connectivity index (χ2n) is 6.01. The Morgan fingerprint density at radius 3 is 1.47 bits per heavy atom. The fraction of sp³-hybridized carbons (Fsp3) is 1.00. The zero-order valence-corrected chi connectivity index (χ0v) is 11.7. The topological polar surface area (TPSA) is 6.48 Å². The summed E-state index contributed by atoms with van der Waals surface area (Å²) in [5.74, 6) is -1.44. The van der Waals surface area contributed by atoms with Crippen molar-refractivity contribution < 1.29 is 8.78 Å². The number of hydrogen-bond donors (Lipinski definition) is 0.